The van der Waals surface area contributed by atoms with Crippen molar-refractivity contribution in [3.63, 3.8) is 0 Å². The number of hydrogen-bond donors (Lipinski definition) is 2. The molecule has 1 amide bonds. The zero-order valence-electron chi connectivity index (χ0n) is 10.7. The number of carbonyl (C=O) groups excluding carboxylic acids is 2. The third-order valence-electron chi connectivity index (χ3n) is 2.10. The van der Waals surface area contributed by atoms with Crippen molar-refractivity contribution in [1.82, 2.24) is 5.32 Å². The maximum atomic E-state index is 11.4. The van der Waals surface area contributed by atoms with Gasteiger partial charge in [0.15, 0.2) is 5.57 Å². The van der Waals surface area contributed by atoms with E-state index in [1.165, 1.54) is 6.92 Å². The van der Waals surface area contributed by atoms with E-state index in [9.17, 15) is 9.59 Å². The van der Waals surface area contributed by atoms with Crippen LogP contribution in [0.4, 0.5) is 0 Å². The van der Waals surface area contributed by atoms with E-state index in [-0.39, 0.29) is 17.3 Å². The average molecular weight is 254 g/mol. The normalized spacial score (nSPS) is 11.2. The van der Waals surface area contributed by atoms with E-state index in [0.717, 1.165) is 0 Å². The lowest BCUT2D eigenvalue weighted by Gasteiger charge is -2.04. The number of amides is 1. The summed E-state index contributed by atoms with van der Waals surface area (Å²) in [5.74, 6) is -1.16. The van der Waals surface area contributed by atoms with Gasteiger partial charge in [-0.05, 0) is 26.7 Å². The lowest BCUT2D eigenvalue weighted by atomic mass is 10.2. The Morgan fingerprint density at radius 3 is 2.56 bits per heavy atom. The molecule has 6 nitrogen and oxygen atoms in total. The van der Waals surface area contributed by atoms with E-state index in [0.29, 0.717) is 32.4 Å². The molecule has 0 atom stereocenters. The molecule has 0 rings (SSSR count). The average Bonchev–Trinajstić information content (AvgIpc) is 2.29. The van der Waals surface area contributed by atoms with Gasteiger partial charge in [-0.2, -0.15) is 5.26 Å². The van der Waals surface area contributed by atoms with Gasteiger partial charge >= 0.3 is 5.97 Å². The Labute approximate surface area is 106 Å². The molecule has 0 saturated carbocycles. The highest BCUT2D eigenvalue weighted by Gasteiger charge is 2.11. The van der Waals surface area contributed by atoms with Gasteiger partial charge in [0.1, 0.15) is 11.8 Å². The second-order valence-corrected chi connectivity index (χ2v) is 3.59. The minimum atomic E-state index is -0.603. The molecule has 0 saturated heterocycles. The molecular formula is C12H18N2O4. The highest BCUT2D eigenvalue weighted by Crippen LogP contribution is 2.00. The number of unbranched alkanes of at least 4 members (excludes halogenated alkanes) is 1. The molecule has 0 fully saturated rings. The summed E-state index contributed by atoms with van der Waals surface area (Å²) in [6.45, 7) is 3.72. The predicted octanol–water partition coefficient (Wildman–Crippen LogP) is 1.19. The number of aliphatic hydroxyl groups is 1. The van der Waals surface area contributed by atoms with Crippen LogP contribution in [-0.4, -0.2) is 30.1 Å². The standard InChI is InChI=1S/C12H18N2O4/c1-3-18-11(16)6-4-5-7-14-12(17)10(8-13)9(2)15/h15H,3-7H2,1-2H3,(H,14,17)/b10-9-. The lowest BCUT2D eigenvalue weighted by molar-refractivity contribution is -0.143. The molecular weight excluding hydrogens is 236 g/mol. The largest absolute Gasteiger partial charge is 0.511 e. The number of allylic oxidation sites excluding steroid dienone is 1. The third kappa shape index (κ3) is 6.53. The number of aliphatic hydroxyl groups excluding tert-OH is 1. The molecule has 2 N–H and O–H groups in total. The topological polar surface area (TPSA) is 99.4 Å². The zero-order valence-corrected chi connectivity index (χ0v) is 10.7. The second-order valence-electron chi connectivity index (χ2n) is 3.59. The number of ether oxygens (including phenoxy) is 1. The molecule has 0 aliphatic heterocycles. The van der Waals surface area contributed by atoms with Gasteiger partial charge in [-0.3, -0.25) is 9.59 Å². The Morgan fingerprint density at radius 1 is 1.39 bits per heavy atom. The van der Waals surface area contributed by atoms with Crippen LogP contribution in [0.5, 0.6) is 0 Å². The van der Waals surface area contributed by atoms with Crippen LogP contribution in [0.3, 0.4) is 0 Å². The van der Waals surface area contributed by atoms with E-state index in [1.54, 1.807) is 13.0 Å². The summed E-state index contributed by atoms with van der Waals surface area (Å²) in [6, 6.07) is 1.62. The van der Waals surface area contributed by atoms with Crippen LogP contribution in [-0.2, 0) is 14.3 Å². The van der Waals surface area contributed by atoms with Gasteiger partial charge in [0, 0.05) is 13.0 Å². The van der Waals surface area contributed by atoms with Crippen molar-refractivity contribution in [2.24, 2.45) is 0 Å². The number of rotatable bonds is 7. The van der Waals surface area contributed by atoms with Crippen LogP contribution in [0.2, 0.25) is 0 Å². The molecule has 0 heterocycles. The minimum absolute atomic E-state index is 0.257. The Hall–Kier alpha value is -2.03. The molecule has 0 aromatic rings. The lowest BCUT2D eigenvalue weighted by Crippen LogP contribution is -2.26. The quantitative estimate of drug-likeness (QED) is 0.234. The molecule has 0 aliphatic carbocycles. The van der Waals surface area contributed by atoms with Gasteiger partial charge in [0.2, 0.25) is 0 Å². The summed E-state index contributed by atoms with van der Waals surface area (Å²) in [5, 5.41) is 20.2. The molecule has 18 heavy (non-hydrogen) atoms. The summed E-state index contributed by atoms with van der Waals surface area (Å²) in [4.78, 5) is 22.4. The Balaban J connectivity index is 3.81. The molecule has 6 heteroatoms. The number of carbonyl (C=O) groups is 2. The first kappa shape index (κ1) is 16.0. The van der Waals surface area contributed by atoms with Crippen LogP contribution in [0, 0.1) is 11.3 Å². The van der Waals surface area contributed by atoms with Gasteiger partial charge < -0.3 is 15.2 Å². The van der Waals surface area contributed by atoms with Gasteiger partial charge in [-0.15, -0.1) is 0 Å². The van der Waals surface area contributed by atoms with E-state index >= 15 is 0 Å². The molecule has 100 valence electrons. The SMILES string of the molecule is CCOC(=O)CCCCNC(=O)/C(C#N)=C(/C)O. The maximum Gasteiger partial charge on any atom is 0.305 e. The Morgan fingerprint density at radius 2 is 2.06 bits per heavy atom. The Kier molecular flexibility index (Phi) is 8.03. The summed E-state index contributed by atoms with van der Waals surface area (Å²) in [6.07, 6.45) is 1.51. The first-order valence-corrected chi connectivity index (χ1v) is 5.76. The highest BCUT2D eigenvalue weighted by molar-refractivity contribution is 5.97. The molecule has 0 aromatic carbocycles. The fourth-order valence-corrected chi connectivity index (χ4v) is 1.21. The van der Waals surface area contributed by atoms with Crippen molar-refractivity contribution < 1.29 is 19.4 Å². The summed E-state index contributed by atoms with van der Waals surface area (Å²) < 4.78 is 4.75. The maximum absolute atomic E-state index is 11.4. The Bertz CT molecular complexity index is 365. The third-order valence-corrected chi connectivity index (χ3v) is 2.10. The summed E-state index contributed by atoms with van der Waals surface area (Å²) >= 11 is 0. The fraction of sp³-hybridized carbons (Fsp3) is 0.583. The number of nitriles is 1. The van der Waals surface area contributed by atoms with Crippen molar-refractivity contribution in [2.45, 2.75) is 33.1 Å². The van der Waals surface area contributed by atoms with Crippen molar-refractivity contribution >= 4 is 11.9 Å². The highest BCUT2D eigenvalue weighted by atomic mass is 16.5. The number of nitrogens with one attached hydrogen (secondary N) is 1. The van der Waals surface area contributed by atoms with Gasteiger partial charge in [-0.25, -0.2) is 0 Å². The van der Waals surface area contributed by atoms with Gasteiger partial charge in [0.25, 0.3) is 5.91 Å². The molecule has 0 radical (unpaired) electrons. The first-order valence-electron chi connectivity index (χ1n) is 5.76. The molecule has 0 spiro atoms. The van der Waals surface area contributed by atoms with Crippen molar-refractivity contribution in [2.75, 3.05) is 13.2 Å². The summed E-state index contributed by atoms with van der Waals surface area (Å²) in [5.41, 5.74) is -0.291. The monoisotopic (exact) mass is 254 g/mol. The predicted molar refractivity (Wildman–Crippen MR) is 64.4 cm³/mol. The minimum Gasteiger partial charge on any atom is -0.511 e. The number of nitrogens with zero attached hydrogens (tertiary/aromatic N) is 1. The van der Waals surface area contributed by atoms with Gasteiger partial charge in [-0.1, -0.05) is 0 Å². The molecule has 0 unspecified atom stereocenters. The van der Waals surface area contributed by atoms with E-state index in [1.807, 2.05) is 0 Å². The first-order chi connectivity index (χ1) is 8.52. The second kappa shape index (κ2) is 9.05. The van der Waals surface area contributed by atoms with E-state index in [4.69, 9.17) is 15.1 Å². The molecule has 0 bridgehead atoms. The smallest absolute Gasteiger partial charge is 0.305 e. The molecule has 0 aliphatic rings. The van der Waals surface area contributed by atoms with E-state index < -0.39 is 5.91 Å². The number of esters is 1. The van der Waals surface area contributed by atoms with Crippen molar-refractivity contribution in [3.05, 3.63) is 11.3 Å². The van der Waals surface area contributed by atoms with Crippen LogP contribution < -0.4 is 5.32 Å². The van der Waals surface area contributed by atoms with Crippen LogP contribution >= 0.6 is 0 Å². The van der Waals surface area contributed by atoms with Crippen LogP contribution in [0.15, 0.2) is 11.3 Å². The fourth-order valence-electron chi connectivity index (χ4n) is 1.21. The molecule has 0 aromatic heterocycles. The van der Waals surface area contributed by atoms with Crippen molar-refractivity contribution in [3.8, 4) is 6.07 Å². The van der Waals surface area contributed by atoms with Crippen LogP contribution in [0.25, 0.3) is 0 Å². The number of hydrogen-bond acceptors (Lipinski definition) is 5. The summed E-state index contributed by atoms with van der Waals surface area (Å²) in [7, 11) is 0. The van der Waals surface area contributed by atoms with E-state index in [2.05, 4.69) is 5.32 Å². The van der Waals surface area contributed by atoms with Gasteiger partial charge in [0.05, 0.1) is 6.61 Å². The zero-order chi connectivity index (χ0) is 14.0. The van der Waals surface area contributed by atoms with Crippen LogP contribution in [0.1, 0.15) is 33.1 Å². The van der Waals surface area contributed by atoms with Crippen molar-refractivity contribution in [1.29, 1.82) is 5.26 Å².